The maximum atomic E-state index is 9.33. The summed E-state index contributed by atoms with van der Waals surface area (Å²) in [4.78, 5) is 0. The van der Waals surface area contributed by atoms with Crippen LogP contribution in [0.2, 0.25) is 0 Å². The summed E-state index contributed by atoms with van der Waals surface area (Å²) in [5.41, 5.74) is 1.35. The van der Waals surface area contributed by atoms with Gasteiger partial charge >= 0.3 is 0 Å². The molecule has 2 rings (SSSR count). The minimum atomic E-state index is 0.272. The average molecular weight is 270 g/mol. The van der Waals surface area contributed by atoms with Gasteiger partial charge in [0.15, 0.2) is 0 Å². The molecule has 1 aliphatic rings. The van der Waals surface area contributed by atoms with Gasteiger partial charge in [-0.25, -0.2) is 0 Å². The van der Waals surface area contributed by atoms with E-state index in [-0.39, 0.29) is 6.61 Å². The first-order valence-electron chi connectivity index (χ1n) is 5.38. The van der Waals surface area contributed by atoms with E-state index in [0.29, 0.717) is 11.8 Å². The van der Waals surface area contributed by atoms with Gasteiger partial charge in [-0.3, -0.25) is 0 Å². The number of piperidine rings is 1. The lowest BCUT2D eigenvalue weighted by Gasteiger charge is -2.31. The van der Waals surface area contributed by atoms with E-state index in [1.165, 1.54) is 5.56 Å². The van der Waals surface area contributed by atoms with Crippen LogP contribution in [0.25, 0.3) is 0 Å². The first kappa shape index (κ1) is 11.1. The molecule has 1 aliphatic heterocycles. The zero-order chi connectivity index (χ0) is 10.7. The molecule has 2 atom stereocenters. The van der Waals surface area contributed by atoms with Gasteiger partial charge in [0.2, 0.25) is 0 Å². The van der Waals surface area contributed by atoms with Crippen LogP contribution in [-0.2, 0) is 0 Å². The Morgan fingerprint density at radius 1 is 1.33 bits per heavy atom. The van der Waals surface area contributed by atoms with Gasteiger partial charge in [-0.15, -0.1) is 0 Å². The van der Waals surface area contributed by atoms with Crippen molar-refractivity contribution in [3.05, 3.63) is 34.3 Å². The third-order valence-corrected chi connectivity index (χ3v) is 3.67. The standard InChI is InChI=1S/C12H16BrNO/c13-11-3-1-9(2-4-11)12-5-6-14-7-10(12)8-15/h1-4,10,12,14-15H,5-8H2. The molecule has 1 aromatic carbocycles. The van der Waals surface area contributed by atoms with Crippen molar-refractivity contribution in [2.24, 2.45) is 5.92 Å². The van der Waals surface area contributed by atoms with Crippen LogP contribution in [0.5, 0.6) is 0 Å². The van der Waals surface area contributed by atoms with Crippen LogP contribution in [0.1, 0.15) is 17.9 Å². The first-order chi connectivity index (χ1) is 7.31. The fraction of sp³-hybridized carbons (Fsp3) is 0.500. The van der Waals surface area contributed by atoms with Gasteiger partial charge in [-0.2, -0.15) is 0 Å². The summed E-state index contributed by atoms with van der Waals surface area (Å²) >= 11 is 3.44. The maximum absolute atomic E-state index is 9.33. The van der Waals surface area contributed by atoms with E-state index in [9.17, 15) is 5.11 Å². The molecular weight excluding hydrogens is 254 g/mol. The number of benzene rings is 1. The van der Waals surface area contributed by atoms with Crippen LogP contribution in [0.4, 0.5) is 0 Å². The van der Waals surface area contributed by atoms with Crippen LogP contribution < -0.4 is 5.32 Å². The van der Waals surface area contributed by atoms with E-state index >= 15 is 0 Å². The number of rotatable bonds is 2. The molecule has 15 heavy (non-hydrogen) atoms. The van der Waals surface area contributed by atoms with Gasteiger partial charge in [-0.05, 0) is 36.6 Å². The van der Waals surface area contributed by atoms with E-state index in [0.717, 1.165) is 24.0 Å². The fourth-order valence-corrected chi connectivity index (χ4v) is 2.53. The number of nitrogens with one attached hydrogen (secondary N) is 1. The lowest BCUT2D eigenvalue weighted by molar-refractivity contribution is 0.179. The van der Waals surface area contributed by atoms with Crippen molar-refractivity contribution in [1.29, 1.82) is 0 Å². The second-order valence-corrected chi connectivity index (χ2v) is 5.01. The third-order valence-electron chi connectivity index (χ3n) is 3.14. The molecule has 0 radical (unpaired) electrons. The molecule has 0 saturated carbocycles. The molecule has 1 saturated heterocycles. The molecule has 0 bridgehead atoms. The zero-order valence-corrected chi connectivity index (χ0v) is 10.2. The zero-order valence-electron chi connectivity index (χ0n) is 8.62. The Kier molecular flexibility index (Phi) is 3.78. The molecule has 1 fully saturated rings. The molecule has 1 heterocycles. The minimum absolute atomic E-state index is 0.272. The molecule has 0 spiro atoms. The molecular formula is C12H16BrNO. The van der Waals surface area contributed by atoms with E-state index < -0.39 is 0 Å². The number of hydrogen-bond donors (Lipinski definition) is 2. The molecule has 2 unspecified atom stereocenters. The lowest BCUT2D eigenvalue weighted by atomic mass is 9.82. The number of hydrogen-bond acceptors (Lipinski definition) is 2. The Labute approximate surface area is 98.8 Å². The van der Waals surface area contributed by atoms with Crippen LogP contribution in [-0.4, -0.2) is 24.8 Å². The van der Waals surface area contributed by atoms with Gasteiger partial charge in [0.25, 0.3) is 0 Å². The summed E-state index contributed by atoms with van der Waals surface area (Å²) in [5, 5.41) is 12.7. The minimum Gasteiger partial charge on any atom is -0.396 e. The highest BCUT2D eigenvalue weighted by atomic mass is 79.9. The summed E-state index contributed by atoms with van der Waals surface area (Å²) in [7, 11) is 0. The predicted octanol–water partition coefficient (Wildman–Crippen LogP) is 2.13. The summed E-state index contributed by atoms with van der Waals surface area (Å²) in [6.07, 6.45) is 1.12. The van der Waals surface area contributed by atoms with E-state index in [2.05, 4.69) is 45.5 Å². The van der Waals surface area contributed by atoms with E-state index in [1.807, 2.05) is 0 Å². The van der Waals surface area contributed by atoms with Gasteiger partial charge in [0.05, 0.1) is 0 Å². The Balaban J connectivity index is 2.16. The number of halogens is 1. The van der Waals surface area contributed by atoms with Gasteiger partial charge in [0.1, 0.15) is 0 Å². The summed E-state index contributed by atoms with van der Waals surface area (Å²) < 4.78 is 1.11. The van der Waals surface area contributed by atoms with Crippen molar-refractivity contribution in [3.63, 3.8) is 0 Å². The Morgan fingerprint density at radius 3 is 2.73 bits per heavy atom. The average Bonchev–Trinajstić information content (AvgIpc) is 2.30. The van der Waals surface area contributed by atoms with Crippen molar-refractivity contribution in [3.8, 4) is 0 Å². The number of aliphatic hydroxyl groups is 1. The second kappa shape index (κ2) is 5.10. The Morgan fingerprint density at radius 2 is 2.07 bits per heavy atom. The first-order valence-corrected chi connectivity index (χ1v) is 6.17. The van der Waals surface area contributed by atoms with Crippen LogP contribution >= 0.6 is 15.9 Å². The fourth-order valence-electron chi connectivity index (χ4n) is 2.26. The Bertz CT molecular complexity index is 312. The molecule has 82 valence electrons. The van der Waals surface area contributed by atoms with Crippen molar-refractivity contribution < 1.29 is 5.11 Å². The molecule has 2 nitrogen and oxygen atoms in total. The molecule has 0 amide bonds. The van der Waals surface area contributed by atoms with E-state index in [4.69, 9.17) is 0 Å². The van der Waals surface area contributed by atoms with Crippen molar-refractivity contribution in [1.82, 2.24) is 5.32 Å². The summed E-state index contributed by atoms with van der Waals surface area (Å²) in [6, 6.07) is 8.46. The summed E-state index contributed by atoms with van der Waals surface area (Å²) in [5.74, 6) is 0.865. The van der Waals surface area contributed by atoms with Crippen LogP contribution in [0.3, 0.4) is 0 Å². The number of aliphatic hydroxyl groups excluding tert-OH is 1. The van der Waals surface area contributed by atoms with Crippen LogP contribution in [0, 0.1) is 5.92 Å². The van der Waals surface area contributed by atoms with Crippen LogP contribution in [0.15, 0.2) is 28.7 Å². The molecule has 0 aromatic heterocycles. The summed E-state index contributed by atoms with van der Waals surface area (Å²) in [6.45, 7) is 2.25. The second-order valence-electron chi connectivity index (χ2n) is 4.09. The maximum Gasteiger partial charge on any atom is 0.0477 e. The van der Waals surface area contributed by atoms with Crippen molar-refractivity contribution >= 4 is 15.9 Å². The van der Waals surface area contributed by atoms with Gasteiger partial charge < -0.3 is 10.4 Å². The third kappa shape index (κ3) is 2.60. The van der Waals surface area contributed by atoms with Crippen molar-refractivity contribution in [2.45, 2.75) is 12.3 Å². The lowest BCUT2D eigenvalue weighted by Crippen LogP contribution is -2.37. The smallest absolute Gasteiger partial charge is 0.0477 e. The van der Waals surface area contributed by atoms with E-state index in [1.54, 1.807) is 0 Å². The SMILES string of the molecule is OCC1CNCCC1c1ccc(Br)cc1. The highest BCUT2D eigenvalue weighted by Crippen LogP contribution is 2.30. The molecule has 3 heteroatoms. The predicted molar refractivity (Wildman–Crippen MR) is 64.9 cm³/mol. The van der Waals surface area contributed by atoms with Gasteiger partial charge in [0, 0.05) is 23.5 Å². The molecule has 0 aliphatic carbocycles. The normalized spacial score (nSPS) is 26.5. The highest BCUT2D eigenvalue weighted by Gasteiger charge is 2.25. The monoisotopic (exact) mass is 269 g/mol. The quantitative estimate of drug-likeness (QED) is 0.863. The van der Waals surface area contributed by atoms with Gasteiger partial charge in [-0.1, -0.05) is 28.1 Å². The highest BCUT2D eigenvalue weighted by molar-refractivity contribution is 9.10. The van der Waals surface area contributed by atoms with Crippen molar-refractivity contribution in [2.75, 3.05) is 19.7 Å². The largest absolute Gasteiger partial charge is 0.396 e. The molecule has 1 aromatic rings. The molecule has 2 N–H and O–H groups in total. The Hall–Kier alpha value is -0.380. The topological polar surface area (TPSA) is 32.3 Å².